The smallest absolute Gasteiger partial charge is 0.123 e. The number of hydrogen-bond donors (Lipinski definition) is 0. The van der Waals surface area contributed by atoms with E-state index in [4.69, 9.17) is 0 Å². The van der Waals surface area contributed by atoms with Gasteiger partial charge in [0.25, 0.3) is 0 Å². The Labute approximate surface area is 412 Å². The van der Waals surface area contributed by atoms with Crippen LogP contribution in [0.5, 0.6) is 0 Å². The van der Waals surface area contributed by atoms with Crippen molar-refractivity contribution in [2.45, 2.75) is 0 Å². The number of halogens is 4. The zero-order valence-corrected chi connectivity index (χ0v) is 38.5. The Morgan fingerprint density at radius 2 is 0.431 bits per heavy atom. The van der Waals surface area contributed by atoms with Crippen molar-refractivity contribution in [3.05, 3.63) is 266 Å². The first kappa shape index (κ1) is 42.8. The Balaban J connectivity index is 1.01. The van der Waals surface area contributed by atoms with Crippen molar-refractivity contribution >= 4 is 98.8 Å². The Morgan fingerprint density at radius 3 is 0.778 bits per heavy atom. The molecule has 13 aromatic carbocycles. The fraction of sp³-hybridized carbons (Fsp3) is 0. The van der Waals surface area contributed by atoms with Gasteiger partial charge in [-0.25, -0.2) is 17.6 Å². The molecule has 0 bridgehead atoms. The lowest BCUT2D eigenvalue weighted by Gasteiger charge is -2.27. The standard InChI is InChI=1S/C66H40F4N2/c67-45-15-25-51(26-16-45)71(49-21-11-43(12-22-49)41-7-3-1-4-8-41)53-29-33-57-61(37-53)59-35-47(69)19-31-55(59)63-40-66-58-34-30-54(38-62(58)60-36-48(70)20-32-56(60)64(66)39-65(57)63)72(52-27-17-46(68)18-28-52)50-23-13-44(14-24-50)42-9-5-2-6-10-42/h1-40H. The van der Waals surface area contributed by atoms with Gasteiger partial charge in [-0.05, 0) is 220 Å². The third kappa shape index (κ3) is 7.44. The van der Waals surface area contributed by atoms with Crippen LogP contribution in [-0.4, -0.2) is 0 Å². The van der Waals surface area contributed by atoms with Crippen LogP contribution < -0.4 is 9.80 Å². The second kappa shape index (κ2) is 17.3. The molecular weight excluding hydrogens is 897 g/mol. The van der Waals surface area contributed by atoms with Crippen LogP contribution in [0.1, 0.15) is 0 Å². The van der Waals surface area contributed by atoms with Gasteiger partial charge < -0.3 is 9.80 Å². The first-order valence-electron chi connectivity index (χ1n) is 23.8. The van der Waals surface area contributed by atoms with Crippen LogP contribution in [0.25, 0.3) is 86.9 Å². The lowest BCUT2D eigenvalue weighted by atomic mass is 9.88. The van der Waals surface area contributed by atoms with E-state index in [9.17, 15) is 8.78 Å². The van der Waals surface area contributed by atoms with Gasteiger partial charge in [0.15, 0.2) is 0 Å². The molecule has 72 heavy (non-hydrogen) atoms. The summed E-state index contributed by atoms with van der Waals surface area (Å²) in [5, 5.41) is 10.6. The highest BCUT2D eigenvalue weighted by molar-refractivity contribution is 6.33. The zero-order valence-electron chi connectivity index (χ0n) is 38.5. The number of fused-ring (bicyclic) bond motifs is 12. The van der Waals surface area contributed by atoms with Gasteiger partial charge in [-0.1, -0.05) is 109 Å². The topological polar surface area (TPSA) is 6.48 Å². The summed E-state index contributed by atoms with van der Waals surface area (Å²) in [6.45, 7) is 0. The number of nitrogens with zero attached hydrogens (tertiary/aromatic N) is 2. The van der Waals surface area contributed by atoms with E-state index >= 15 is 8.78 Å². The minimum atomic E-state index is -0.354. The fourth-order valence-electron chi connectivity index (χ4n) is 10.6. The van der Waals surface area contributed by atoms with E-state index in [2.05, 4.69) is 131 Å². The van der Waals surface area contributed by atoms with Crippen LogP contribution in [0.3, 0.4) is 0 Å². The van der Waals surface area contributed by atoms with Crippen LogP contribution in [0, 0.1) is 23.3 Å². The molecule has 0 aliphatic rings. The molecule has 0 aliphatic heterocycles. The highest BCUT2D eigenvalue weighted by atomic mass is 19.1. The second-order valence-corrected chi connectivity index (χ2v) is 18.2. The van der Waals surface area contributed by atoms with Crippen molar-refractivity contribution in [3.8, 4) is 22.3 Å². The Kier molecular flexibility index (Phi) is 10.3. The van der Waals surface area contributed by atoms with Crippen molar-refractivity contribution in [3.63, 3.8) is 0 Å². The predicted octanol–water partition coefficient (Wildman–Crippen LogP) is 19.4. The second-order valence-electron chi connectivity index (χ2n) is 18.2. The number of hydrogen-bond acceptors (Lipinski definition) is 2. The minimum absolute atomic E-state index is 0.336. The summed E-state index contributed by atoms with van der Waals surface area (Å²) >= 11 is 0. The van der Waals surface area contributed by atoms with Crippen LogP contribution >= 0.6 is 0 Å². The van der Waals surface area contributed by atoms with E-state index in [0.717, 1.165) is 121 Å². The largest absolute Gasteiger partial charge is 0.310 e. The molecule has 2 nitrogen and oxygen atoms in total. The summed E-state index contributed by atoms with van der Waals surface area (Å²) in [4.78, 5) is 4.17. The molecule has 0 aliphatic carbocycles. The number of benzene rings is 13. The van der Waals surface area contributed by atoms with Crippen LogP contribution in [0.4, 0.5) is 51.7 Å². The van der Waals surface area contributed by atoms with Gasteiger partial charge >= 0.3 is 0 Å². The SMILES string of the molecule is Fc1ccc(N(c2ccc(-c3ccccc3)cc2)c2ccc3c(c2)c2cc(F)ccc2c2cc4c5ccc(N(c6ccc(F)cc6)c6ccc(-c7ccccc7)cc6)cc5c5cc(F)ccc5c4cc32)cc1. The predicted molar refractivity (Wildman–Crippen MR) is 292 cm³/mol. The molecule has 0 radical (unpaired) electrons. The number of anilines is 6. The third-order valence-electron chi connectivity index (χ3n) is 14.0. The van der Waals surface area contributed by atoms with Gasteiger partial charge in [0.1, 0.15) is 23.3 Å². The average molecular weight is 937 g/mol. The normalized spacial score (nSPS) is 11.6. The van der Waals surface area contributed by atoms with Gasteiger partial charge in [0, 0.05) is 34.1 Å². The summed E-state index contributed by atoms with van der Waals surface area (Å²) in [5.41, 5.74) is 9.24. The summed E-state index contributed by atoms with van der Waals surface area (Å²) in [6.07, 6.45) is 0. The molecular formula is C66H40F4N2. The van der Waals surface area contributed by atoms with E-state index < -0.39 is 0 Å². The van der Waals surface area contributed by atoms with E-state index in [1.165, 1.54) is 36.4 Å². The first-order chi connectivity index (χ1) is 35.3. The monoisotopic (exact) mass is 936 g/mol. The Bertz CT molecular complexity index is 3940. The van der Waals surface area contributed by atoms with E-state index in [1.807, 2.05) is 48.5 Å². The maximum Gasteiger partial charge on any atom is 0.123 e. The molecule has 0 heterocycles. The highest BCUT2D eigenvalue weighted by Crippen LogP contribution is 2.46. The van der Waals surface area contributed by atoms with Gasteiger partial charge in [-0.2, -0.15) is 0 Å². The minimum Gasteiger partial charge on any atom is -0.310 e. The van der Waals surface area contributed by atoms with Crippen molar-refractivity contribution in [1.29, 1.82) is 0 Å². The van der Waals surface area contributed by atoms with Crippen molar-refractivity contribution in [2.75, 3.05) is 9.80 Å². The molecule has 0 aromatic heterocycles. The molecule has 342 valence electrons. The maximum atomic E-state index is 15.6. The molecule has 0 spiro atoms. The maximum absolute atomic E-state index is 15.6. The summed E-state index contributed by atoms with van der Waals surface area (Å²) in [5.74, 6) is -1.38. The van der Waals surface area contributed by atoms with Crippen LogP contribution in [0.15, 0.2) is 243 Å². The number of rotatable bonds is 8. The van der Waals surface area contributed by atoms with Crippen molar-refractivity contribution in [2.24, 2.45) is 0 Å². The Hall–Kier alpha value is -9.26. The van der Waals surface area contributed by atoms with E-state index in [1.54, 1.807) is 36.4 Å². The lowest BCUT2D eigenvalue weighted by Crippen LogP contribution is -2.10. The third-order valence-corrected chi connectivity index (χ3v) is 14.0. The average Bonchev–Trinajstić information content (AvgIpc) is 3.42. The summed E-state index contributed by atoms with van der Waals surface area (Å²) < 4.78 is 60.1. The van der Waals surface area contributed by atoms with Crippen molar-refractivity contribution in [1.82, 2.24) is 0 Å². The molecule has 6 heteroatoms. The molecule has 0 saturated carbocycles. The molecule has 13 aromatic rings. The molecule has 0 unspecified atom stereocenters. The van der Waals surface area contributed by atoms with Crippen molar-refractivity contribution < 1.29 is 17.6 Å². The molecule has 0 amide bonds. The molecule has 0 saturated heterocycles. The fourth-order valence-corrected chi connectivity index (χ4v) is 10.6. The van der Waals surface area contributed by atoms with E-state index in [0.29, 0.717) is 0 Å². The van der Waals surface area contributed by atoms with Gasteiger partial charge in [0.2, 0.25) is 0 Å². The Morgan fingerprint density at radius 1 is 0.181 bits per heavy atom. The zero-order chi connectivity index (χ0) is 48.5. The van der Waals surface area contributed by atoms with Gasteiger partial charge in [-0.15, -0.1) is 0 Å². The van der Waals surface area contributed by atoms with Crippen LogP contribution in [-0.2, 0) is 0 Å². The molecule has 0 atom stereocenters. The lowest BCUT2D eigenvalue weighted by molar-refractivity contribution is 0.627. The molecule has 0 N–H and O–H groups in total. The van der Waals surface area contributed by atoms with Gasteiger partial charge in [-0.3, -0.25) is 0 Å². The molecule has 0 fully saturated rings. The molecule has 13 rings (SSSR count). The van der Waals surface area contributed by atoms with Gasteiger partial charge in [0.05, 0.1) is 0 Å². The van der Waals surface area contributed by atoms with E-state index in [-0.39, 0.29) is 23.3 Å². The van der Waals surface area contributed by atoms with Crippen LogP contribution in [0.2, 0.25) is 0 Å². The first-order valence-corrected chi connectivity index (χ1v) is 23.8. The quantitative estimate of drug-likeness (QED) is 0.0851. The highest BCUT2D eigenvalue weighted by Gasteiger charge is 2.21. The summed E-state index contributed by atoms with van der Waals surface area (Å²) in [6, 6.07) is 76.6. The summed E-state index contributed by atoms with van der Waals surface area (Å²) in [7, 11) is 0.